The average molecular weight is 183 g/mol. The molecular weight excluding hydrogens is 174 g/mol. The summed E-state index contributed by atoms with van der Waals surface area (Å²) in [6, 6.07) is 2.68. The van der Waals surface area contributed by atoms with E-state index >= 15 is 0 Å². The van der Waals surface area contributed by atoms with Crippen molar-refractivity contribution in [2.45, 2.75) is 6.54 Å². The molecule has 0 saturated carbocycles. The molecule has 0 aromatic carbocycles. The third-order valence-electron chi connectivity index (χ3n) is 1.36. The van der Waals surface area contributed by atoms with Crippen LogP contribution in [-0.4, -0.2) is 22.8 Å². The van der Waals surface area contributed by atoms with Crippen molar-refractivity contribution in [1.82, 2.24) is 9.78 Å². The highest BCUT2D eigenvalue weighted by Gasteiger charge is 2.02. The number of primary amides is 1. The van der Waals surface area contributed by atoms with Crippen LogP contribution in [0.5, 0.6) is 5.88 Å². The fourth-order valence-corrected chi connectivity index (χ4v) is 0.800. The summed E-state index contributed by atoms with van der Waals surface area (Å²) < 4.78 is 5.71. The van der Waals surface area contributed by atoms with Crippen LogP contribution in [0.1, 0.15) is 0 Å². The van der Waals surface area contributed by atoms with Gasteiger partial charge in [-0.2, -0.15) is 0 Å². The number of hydrogen-bond donors (Lipinski definition) is 1. The number of hydrogen-bond acceptors (Lipinski definition) is 4. The molecule has 0 aliphatic carbocycles. The van der Waals surface area contributed by atoms with Crippen LogP contribution in [0.2, 0.25) is 0 Å². The van der Waals surface area contributed by atoms with Gasteiger partial charge in [-0.25, -0.2) is 4.68 Å². The van der Waals surface area contributed by atoms with Gasteiger partial charge >= 0.3 is 0 Å². The Morgan fingerprint density at radius 3 is 2.92 bits per heavy atom. The van der Waals surface area contributed by atoms with E-state index in [1.54, 1.807) is 0 Å². The third kappa shape index (κ3) is 2.29. The number of ether oxygens (including phenoxy) is 1. The van der Waals surface area contributed by atoms with E-state index in [4.69, 9.17) is 10.5 Å². The van der Waals surface area contributed by atoms with E-state index in [2.05, 4.69) is 5.10 Å². The van der Waals surface area contributed by atoms with Crippen LogP contribution in [-0.2, 0) is 11.3 Å². The molecule has 0 aliphatic rings. The molecule has 1 aromatic rings. The maximum Gasteiger partial charge on any atom is 0.267 e. The summed E-state index contributed by atoms with van der Waals surface area (Å²) in [4.78, 5) is 21.6. The minimum Gasteiger partial charge on any atom is -0.480 e. The SMILES string of the molecule is COc1ccc(=O)n(CC(N)=O)n1. The average Bonchev–Trinajstić information content (AvgIpc) is 2.08. The summed E-state index contributed by atoms with van der Waals surface area (Å²) >= 11 is 0. The number of carbonyl (C=O) groups excluding carboxylic acids is 1. The zero-order valence-corrected chi connectivity index (χ0v) is 7.06. The second-order valence-corrected chi connectivity index (χ2v) is 2.34. The van der Waals surface area contributed by atoms with Crippen molar-refractivity contribution in [1.29, 1.82) is 0 Å². The van der Waals surface area contributed by atoms with Gasteiger partial charge in [0.15, 0.2) is 0 Å². The number of nitrogens with zero attached hydrogens (tertiary/aromatic N) is 2. The molecule has 0 aliphatic heterocycles. The first kappa shape index (κ1) is 9.24. The summed E-state index contributed by atoms with van der Waals surface area (Å²) in [6.45, 7) is -0.240. The molecule has 0 radical (unpaired) electrons. The van der Waals surface area contributed by atoms with Gasteiger partial charge in [-0.1, -0.05) is 0 Å². The zero-order chi connectivity index (χ0) is 9.84. The van der Waals surface area contributed by atoms with Gasteiger partial charge in [0.1, 0.15) is 6.54 Å². The van der Waals surface area contributed by atoms with Crippen LogP contribution in [0.3, 0.4) is 0 Å². The maximum atomic E-state index is 11.1. The lowest BCUT2D eigenvalue weighted by Crippen LogP contribution is -2.29. The van der Waals surface area contributed by atoms with Crippen LogP contribution in [0, 0.1) is 0 Å². The Bertz CT molecular complexity index is 371. The number of aromatic nitrogens is 2. The van der Waals surface area contributed by atoms with Crippen molar-refractivity contribution in [3.8, 4) is 5.88 Å². The first-order valence-corrected chi connectivity index (χ1v) is 3.54. The molecule has 13 heavy (non-hydrogen) atoms. The number of carbonyl (C=O) groups is 1. The molecule has 0 saturated heterocycles. The highest BCUT2D eigenvalue weighted by atomic mass is 16.5. The van der Waals surface area contributed by atoms with Gasteiger partial charge in [0.25, 0.3) is 5.56 Å². The van der Waals surface area contributed by atoms with E-state index in [-0.39, 0.29) is 18.0 Å². The summed E-state index contributed by atoms with van der Waals surface area (Å²) in [6.07, 6.45) is 0. The van der Waals surface area contributed by atoms with Gasteiger partial charge < -0.3 is 10.5 Å². The molecule has 1 heterocycles. The van der Waals surface area contributed by atoms with E-state index in [0.717, 1.165) is 4.68 Å². The second kappa shape index (κ2) is 3.70. The lowest BCUT2D eigenvalue weighted by Gasteiger charge is -2.02. The van der Waals surface area contributed by atoms with Crippen molar-refractivity contribution >= 4 is 5.91 Å². The Hall–Kier alpha value is -1.85. The molecule has 70 valence electrons. The summed E-state index contributed by atoms with van der Waals surface area (Å²) in [5.41, 5.74) is 4.52. The van der Waals surface area contributed by atoms with Crippen molar-refractivity contribution in [2.75, 3.05) is 7.11 Å². The molecule has 0 atom stereocenters. The standard InChI is InChI=1S/C7H9N3O3/c1-13-6-2-3-7(12)10(9-6)4-5(8)11/h2-3H,4H2,1H3,(H2,8,11). The molecule has 1 amide bonds. The molecule has 1 aromatic heterocycles. The van der Waals surface area contributed by atoms with Crippen molar-refractivity contribution in [3.05, 3.63) is 22.5 Å². The Kier molecular flexibility index (Phi) is 2.63. The second-order valence-electron chi connectivity index (χ2n) is 2.34. The minimum atomic E-state index is -0.622. The largest absolute Gasteiger partial charge is 0.480 e. The Labute approximate surface area is 73.9 Å². The summed E-state index contributed by atoms with van der Waals surface area (Å²) in [7, 11) is 1.42. The van der Waals surface area contributed by atoms with Crippen LogP contribution >= 0.6 is 0 Å². The first-order chi connectivity index (χ1) is 6.13. The third-order valence-corrected chi connectivity index (χ3v) is 1.36. The van der Waals surface area contributed by atoms with Gasteiger partial charge in [-0.15, -0.1) is 5.10 Å². The van der Waals surface area contributed by atoms with Gasteiger partial charge in [0.05, 0.1) is 7.11 Å². The zero-order valence-electron chi connectivity index (χ0n) is 7.06. The molecule has 0 fully saturated rings. The van der Waals surface area contributed by atoms with Gasteiger partial charge in [0.2, 0.25) is 11.8 Å². The molecule has 6 heteroatoms. The molecule has 0 bridgehead atoms. The van der Waals surface area contributed by atoms with Crippen LogP contribution in [0.15, 0.2) is 16.9 Å². The highest BCUT2D eigenvalue weighted by molar-refractivity contribution is 5.73. The van der Waals surface area contributed by atoms with Gasteiger partial charge in [-0.05, 0) is 0 Å². The van der Waals surface area contributed by atoms with Gasteiger partial charge in [-0.3, -0.25) is 9.59 Å². The predicted molar refractivity (Wildman–Crippen MR) is 44.2 cm³/mol. The highest BCUT2D eigenvalue weighted by Crippen LogP contribution is 1.98. The molecule has 1 rings (SSSR count). The monoisotopic (exact) mass is 183 g/mol. The fraction of sp³-hybridized carbons (Fsp3) is 0.286. The molecular formula is C7H9N3O3. The molecule has 0 unspecified atom stereocenters. The Morgan fingerprint density at radius 2 is 2.38 bits per heavy atom. The van der Waals surface area contributed by atoms with Gasteiger partial charge in [0, 0.05) is 12.1 Å². The van der Waals surface area contributed by atoms with E-state index in [9.17, 15) is 9.59 Å². The molecule has 0 spiro atoms. The fourth-order valence-electron chi connectivity index (χ4n) is 0.800. The van der Waals surface area contributed by atoms with Crippen LogP contribution in [0.25, 0.3) is 0 Å². The first-order valence-electron chi connectivity index (χ1n) is 3.54. The number of amides is 1. The molecule has 2 N–H and O–H groups in total. The summed E-state index contributed by atoms with van der Waals surface area (Å²) in [5, 5.41) is 3.71. The Morgan fingerprint density at radius 1 is 1.69 bits per heavy atom. The van der Waals surface area contributed by atoms with E-state index < -0.39 is 5.91 Å². The Balaban J connectivity index is 3.04. The van der Waals surface area contributed by atoms with E-state index in [0.29, 0.717) is 0 Å². The lowest BCUT2D eigenvalue weighted by molar-refractivity contribution is -0.118. The van der Waals surface area contributed by atoms with E-state index in [1.807, 2.05) is 0 Å². The lowest BCUT2D eigenvalue weighted by atomic mass is 10.5. The summed E-state index contributed by atoms with van der Waals surface area (Å²) in [5.74, 6) is -0.358. The van der Waals surface area contributed by atoms with Crippen LogP contribution in [0.4, 0.5) is 0 Å². The topological polar surface area (TPSA) is 87.2 Å². The van der Waals surface area contributed by atoms with Crippen molar-refractivity contribution < 1.29 is 9.53 Å². The normalized spacial score (nSPS) is 9.62. The smallest absolute Gasteiger partial charge is 0.267 e. The molecule has 6 nitrogen and oxygen atoms in total. The van der Waals surface area contributed by atoms with E-state index in [1.165, 1.54) is 19.2 Å². The van der Waals surface area contributed by atoms with Crippen molar-refractivity contribution in [2.24, 2.45) is 5.73 Å². The minimum absolute atomic E-state index is 0.240. The predicted octanol–water partition coefficient (Wildman–Crippen LogP) is -1.26. The quantitative estimate of drug-likeness (QED) is 0.633. The number of rotatable bonds is 3. The maximum absolute atomic E-state index is 11.1. The number of nitrogens with two attached hydrogens (primary N) is 1. The number of methoxy groups -OCH3 is 1. The van der Waals surface area contributed by atoms with Crippen molar-refractivity contribution in [3.63, 3.8) is 0 Å². The van der Waals surface area contributed by atoms with Crippen LogP contribution < -0.4 is 16.0 Å².